The van der Waals surface area contributed by atoms with Gasteiger partial charge in [0.05, 0.1) is 5.69 Å². The van der Waals surface area contributed by atoms with Gasteiger partial charge in [0.1, 0.15) is 18.0 Å². The van der Waals surface area contributed by atoms with Crippen molar-refractivity contribution < 1.29 is 13.5 Å². The molecule has 2 heterocycles. The Labute approximate surface area is 174 Å². The lowest BCUT2D eigenvalue weighted by atomic mass is 9.97. The molecule has 158 valence electrons. The van der Waals surface area contributed by atoms with Crippen molar-refractivity contribution in [1.29, 1.82) is 0 Å². The van der Waals surface area contributed by atoms with E-state index < -0.39 is 11.6 Å². The Morgan fingerprint density at radius 3 is 2.50 bits per heavy atom. The summed E-state index contributed by atoms with van der Waals surface area (Å²) in [6, 6.07) is 9.53. The van der Waals surface area contributed by atoms with Crippen molar-refractivity contribution in [3.05, 3.63) is 59.9 Å². The number of nitrogens with one attached hydrogen (secondary N) is 1. The van der Waals surface area contributed by atoms with Crippen LogP contribution >= 0.6 is 0 Å². The Hall–Kier alpha value is -3.00. The molecule has 2 aromatic carbocycles. The zero-order chi connectivity index (χ0) is 21.1. The van der Waals surface area contributed by atoms with E-state index in [0.29, 0.717) is 11.9 Å². The van der Waals surface area contributed by atoms with Crippen LogP contribution < -0.4 is 10.2 Å². The summed E-state index contributed by atoms with van der Waals surface area (Å²) in [7, 11) is 1.75. The fraction of sp³-hybridized carbons (Fsp3) is 0.364. The highest BCUT2D eigenvalue weighted by Crippen LogP contribution is 2.29. The van der Waals surface area contributed by atoms with E-state index in [9.17, 15) is 8.78 Å². The van der Waals surface area contributed by atoms with Gasteiger partial charge in [0.2, 0.25) is 5.95 Å². The molecule has 0 spiro atoms. The molecule has 1 saturated heterocycles. The second-order valence-electron chi connectivity index (χ2n) is 7.65. The number of methoxy groups -OCH3 is 1. The smallest absolute Gasteiger partial charge is 0.246 e. The minimum Gasteiger partial charge on any atom is -0.384 e. The van der Waals surface area contributed by atoms with Gasteiger partial charge < -0.3 is 15.0 Å². The Morgan fingerprint density at radius 1 is 1.07 bits per heavy atom. The zero-order valence-corrected chi connectivity index (χ0v) is 17.1. The topological polar surface area (TPSA) is 55.2 Å². The molecule has 0 bridgehead atoms. The number of aryl methyl sites for hydroxylation is 1. The van der Waals surface area contributed by atoms with Gasteiger partial charge in [-0.1, -0.05) is 6.07 Å². The third-order valence-electron chi connectivity index (χ3n) is 5.45. The fourth-order valence-electron chi connectivity index (χ4n) is 3.77. The van der Waals surface area contributed by atoms with E-state index in [1.807, 2.05) is 6.92 Å². The average Bonchev–Trinajstić information content (AvgIpc) is 3.19. The molecule has 0 atom stereocenters. The van der Waals surface area contributed by atoms with Crippen molar-refractivity contribution in [3.63, 3.8) is 0 Å². The van der Waals surface area contributed by atoms with Gasteiger partial charge in [0, 0.05) is 44.2 Å². The first-order valence-corrected chi connectivity index (χ1v) is 10.0. The molecular weight excluding hydrogens is 388 g/mol. The van der Waals surface area contributed by atoms with Gasteiger partial charge in [0.25, 0.3) is 0 Å². The molecule has 4 rings (SSSR count). The number of anilines is 3. The maximum atomic E-state index is 13.5. The Balaban J connectivity index is 1.49. The maximum Gasteiger partial charge on any atom is 0.246 e. The molecule has 1 aliphatic heterocycles. The lowest BCUT2D eigenvalue weighted by Crippen LogP contribution is -2.35. The largest absolute Gasteiger partial charge is 0.384 e. The summed E-state index contributed by atoms with van der Waals surface area (Å²) in [6.45, 7) is 4.82. The Morgan fingerprint density at radius 2 is 1.80 bits per heavy atom. The van der Waals surface area contributed by atoms with Crippen molar-refractivity contribution in [2.24, 2.45) is 5.92 Å². The van der Waals surface area contributed by atoms with Crippen LogP contribution in [0.15, 0.2) is 42.7 Å². The van der Waals surface area contributed by atoms with Gasteiger partial charge in [-0.2, -0.15) is 4.98 Å². The predicted octanol–water partition coefficient (Wildman–Crippen LogP) is 4.46. The van der Waals surface area contributed by atoms with Gasteiger partial charge in [-0.05, 0) is 55.5 Å². The highest BCUT2D eigenvalue weighted by Gasteiger charge is 2.20. The number of benzene rings is 2. The number of piperidine rings is 1. The normalized spacial score (nSPS) is 14.9. The molecular formula is C22H25F2N5O. The molecule has 1 aromatic heterocycles. The summed E-state index contributed by atoms with van der Waals surface area (Å²) >= 11 is 0. The van der Waals surface area contributed by atoms with Crippen LogP contribution in [0.5, 0.6) is 0 Å². The first kappa shape index (κ1) is 20.3. The predicted molar refractivity (Wildman–Crippen MR) is 113 cm³/mol. The third-order valence-corrected chi connectivity index (χ3v) is 5.45. The van der Waals surface area contributed by atoms with Gasteiger partial charge in [0.15, 0.2) is 0 Å². The van der Waals surface area contributed by atoms with Crippen LogP contribution in [0.4, 0.5) is 26.1 Å². The summed E-state index contributed by atoms with van der Waals surface area (Å²) < 4.78 is 33.6. The van der Waals surface area contributed by atoms with Gasteiger partial charge in [-0.3, -0.25) is 0 Å². The van der Waals surface area contributed by atoms with E-state index >= 15 is 0 Å². The molecule has 0 saturated carbocycles. The second kappa shape index (κ2) is 8.79. The van der Waals surface area contributed by atoms with Crippen molar-refractivity contribution in [1.82, 2.24) is 14.8 Å². The number of rotatable bonds is 6. The van der Waals surface area contributed by atoms with E-state index in [0.717, 1.165) is 55.5 Å². The van der Waals surface area contributed by atoms with Crippen molar-refractivity contribution in [3.8, 4) is 5.69 Å². The van der Waals surface area contributed by atoms with Crippen LogP contribution in [0.1, 0.15) is 18.4 Å². The van der Waals surface area contributed by atoms with Crippen LogP contribution in [0.3, 0.4) is 0 Å². The minimum atomic E-state index is -0.659. The van der Waals surface area contributed by atoms with Crippen LogP contribution in [-0.4, -0.2) is 41.6 Å². The minimum absolute atomic E-state index is 0.275. The van der Waals surface area contributed by atoms with Gasteiger partial charge in [-0.15, -0.1) is 5.10 Å². The third kappa shape index (κ3) is 4.59. The number of ether oxygens (including phenoxy) is 1. The monoisotopic (exact) mass is 413 g/mol. The number of aromatic nitrogens is 3. The highest BCUT2D eigenvalue weighted by atomic mass is 19.1. The lowest BCUT2D eigenvalue weighted by molar-refractivity contribution is 0.139. The van der Waals surface area contributed by atoms with E-state index in [2.05, 4.69) is 38.5 Å². The molecule has 8 heteroatoms. The molecule has 0 radical (unpaired) electrons. The summed E-state index contributed by atoms with van der Waals surface area (Å²) in [5, 5.41) is 7.53. The van der Waals surface area contributed by atoms with E-state index in [4.69, 9.17) is 4.74 Å². The number of halogens is 2. The molecule has 0 aliphatic carbocycles. The summed E-state index contributed by atoms with van der Waals surface area (Å²) in [4.78, 5) is 6.60. The maximum absolute atomic E-state index is 13.5. The summed E-state index contributed by atoms with van der Waals surface area (Å²) in [5.41, 5.74) is 3.37. The highest BCUT2D eigenvalue weighted by molar-refractivity contribution is 5.66. The van der Waals surface area contributed by atoms with Crippen LogP contribution in [-0.2, 0) is 4.74 Å². The van der Waals surface area contributed by atoms with Crippen molar-refractivity contribution in [2.75, 3.05) is 37.0 Å². The van der Waals surface area contributed by atoms with Gasteiger partial charge >= 0.3 is 0 Å². The van der Waals surface area contributed by atoms with E-state index in [1.165, 1.54) is 23.1 Å². The lowest BCUT2D eigenvalue weighted by Gasteiger charge is -2.33. The number of hydrogen-bond donors (Lipinski definition) is 1. The number of hydrogen-bond acceptors (Lipinski definition) is 5. The summed E-state index contributed by atoms with van der Waals surface area (Å²) in [5.74, 6) is -0.338. The van der Waals surface area contributed by atoms with Crippen LogP contribution in [0.25, 0.3) is 5.69 Å². The first-order valence-electron chi connectivity index (χ1n) is 10.0. The summed E-state index contributed by atoms with van der Waals surface area (Å²) in [6.07, 6.45) is 3.65. The Kier molecular flexibility index (Phi) is 5.94. The van der Waals surface area contributed by atoms with E-state index in [-0.39, 0.29) is 5.69 Å². The molecule has 0 unspecified atom stereocenters. The first-order chi connectivity index (χ1) is 14.5. The van der Waals surface area contributed by atoms with Crippen molar-refractivity contribution in [2.45, 2.75) is 19.8 Å². The second-order valence-corrected chi connectivity index (χ2v) is 7.65. The average molecular weight is 413 g/mol. The quantitative estimate of drug-likeness (QED) is 0.647. The zero-order valence-electron chi connectivity index (χ0n) is 17.1. The van der Waals surface area contributed by atoms with Crippen LogP contribution in [0, 0.1) is 24.5 Å². The molecule has 3 aromatic rings. The molecule has 0 amide bonds. The Bertz CT molecular complexity index is 994. The van der Waals surface area contributed by atoms with E-state index in [1.54, 1.807) is 7.11 Å². The SMILES string of the molecule is COCC1CCN(c2ccc(C)c(Nc3ncn(-c4cc(F)cc(F)c4)n3)c2)CC1. The molecule has 1 aliphatic rings. The van der Waals surface area contributed by atoms with Crippen LogP contribution in [0.2, 0.25) is 0 Å². The molecule has 1 N–H and O–H groups in total. The molecule has 1 fully saturated rings. The standard InChI is InChI=1S/C22H25F2N5O/c1-15-3-4-19(28-7-5-16(6-8-28)13-30-2)12-21(15)26-22-25-14-29(27-22)20-10-17(23)9-18(24)11-20/h3-4,9-12,14,16H,5-8,13H2,1-2H3,(H,26,27). The molecule has 6 nitrogen and oxygen atoms in total. The van der Waals surface area contributed by atoms with Crippen molar-refractivity contribution >= 4 is 17.3 Å². The fourth-order valence-corrected chi connectivity index (χ4v) is 3.77. The molecule has 30 heavy (non-hydrogen) atoms. The van der Waals surface area contributed by atoms with Gasteiger partial charge in [-0.25, -0.2) is 13.5 Å². The number of nitrogens with zero attached hydrogens (tertiary/aromatic N) is 4.